The Kier molecular flexibility index (Phi) is 5.05. The van der Waals surface area contributed by atoms with E-state index in [9.17, 15) is 10.2 Å². The molecule has 3 nitrogen and oxygen atoms in total. The van der Waals surface area contributed by atoms with Crippen LogP contribution in [0.15, 0.2) is 84.8 Å². The first-order valence-electron chi connectivity index (χ1n) is 8.19. The summed E-state index contributed by atoms with van der Waals surface area (Å²) < 4.78 is 0. The number of rotatable bonds is 5. The smallest absolute Gasteiger partial charge is 0.299 e. The van der Waals surface area contributed by atoms with Crippen LogP contribution in [0.25, 0.3) is 22.5 Å². The highest BCUT2D eigenvalue weighted by Crippen LogP contribution is 2.20. The van der Waals surface area contributed by atoms with Gasteiger partial charge in [0.1, 0.15) is 5.70 Å². The maximum absolute atomic E-state index is 9.64. The highest BCUT2D eigenvalue weighted by atomic mass is 16.5. The molecule has 3 aromatic carbocycles. The maximum Gasteiger partial charge on any atom is 0.299 e. The molecule has 2 N–H and O–H groups in total. The molecule has 25 heavy (non-hydrogen) atoms. The molecule has 0 aliphatic carbocycles. The zero-order valence-corrected chi connectivity index (χ0v) is 14.1. The first kappa shape index (κ1) is 16.7. The van der Waals surface area contributed by atoms with E-state index in [4.69, 9.17) is 0 Å². The Balaban J connectivity index is 1.74. The summed E-state index contributed by atoms with van der Waals surface area (Å²) in [5.74, 6) is -0.673. The minimum absolute atomic E-state index is 0.406. The Morgan fingerprint density at radius 2 is 1.56 bits per heavy atom. The van der Waals surface area contributed by atoms with Crippen molar-refractivity contribution in [2.75, 3.05) is 13.6 Å². The predicted octanol–water partition coefficient (Wildman–Crippen LogP) is 5.23. The second-order valence-corrected chi connectivity index (χ2v) is 5.93. The van der Waals surface area contributed by atoms with Crippen molar-refractivity contribution in [3.8, 4) is 0 Å². The SMILES string of the molecule is CN(C/C=C/c1ccc2ccccc2c1)C(=C(O)O)c1ccccc1. The van der Waals surface area contributed by atoms with Crippen molar-refractivity contribution in [3.63, 3.8) is 0 Å². The zero-order valence-electron chi connectivity index (χ0n) is 14.1. The number of hydrogen-bond acceptors (Lipinski definition) is 3. The molecule has 0 atom stereocenters. The van der Waals surface area contributed by atoms with Gasteiger partial charge in [0.25, 0.3) is 5.95 Å². The van der Waals surface area contributed by atoms with Gasteiger partial charge in [-0.2, -0.15) is 0 Å². The molecule has 126 valence electrons. The summed E-state index contributed by atoms with van der Waals surface area (Å²) in [4.78, 5) is 1.81. The van der Waals surface area contributed by atoms with Gasteiger partial charge in [0.2, 0.25) is 0 Å². The van der Waals surface area contributed by atoms with Gasteiger partial charge in [-0.25, -0.2) is 0 Å². The minimum Gasteiger partial charge on any atom is -0.480 e. The number of likely N-dealkylation sites (N-methyl/N-ethyl adjacent to an activating group) is 1. The summed E-state index contributed by atoms with van der Waals surface area (Å²) in [5, 5.41) is 21.7. The van der Waals surface area contributed by atoms with E-state index in [1.54, 1.807) is 0 Å². The van der Waals surface area contributed by atoms with E-state index in [2.05, 4.69) is 30.3 Å². The van der Waals surface area contributed by atoms with Crippen molar-refractivity contribution in [3.05, 3.63) is 95.9 Å². The van der Waals surface area contributed by atoms with Crippen LogP contribution >= 0.6 is 0 Å². The molecule has 0 saturated heterocycles. The number of hydrogen-bond donors (Lipinski definition) is 2. The number of benzene rings is 3. The van der Waals surface area contributed by atoms with Crippen LogP contribution in [-0.4, -0.2) is 28.7 Å². The van der Waals surface area contributed by atoms with Crippen LogP contribution in [0.4, 0.5) is 0 Å². The van der Waals surface area contributed by atoms with Gasteiger partial charge in [0, 0.05) is 19.2 Å². The number of nitrogens with zero attached hydrogens (tertiary/aromatic N) is 1. The molecule has 0 aliphatic heterocycles. The third kappa shape index (κ3) is 4.01. The molecule has 3 rings (SSSR count). The monoisotopic (exact) mass is 331 g/mol. The van der Waals surface area contributed by atoms with Crippen molar-refractivity contribution in [1.82, 2.24) is 4.90 Å². The maximum atomic E-state index is 9.64. The van der Waals surface area contributed by atoms with Gasteiger partial charge in [0.05, 0.1) is 0 Å². The molecule has 3 aromatic rings. The predicted molar refractivity (Wildman–Crippen MR) is 104 cm³/mol. The van der Waals surface area contributed by atoms with Crippen LogP contribution < -0.4 is 0 Å². The Labute approximate surface area is 147 Å². The summed E-state index contributed by atoms with van der Waals surface area (Å²) in [5.41, 5.74) is 2.29. The van der Waals surface area contributed by atoms with E-state index in [0.29, 0.717) is 12.2 Å². The average molecular weight is 331 g/mol. The number of aliphatic hydroxyl groups is 2. The zero-order chi connectivity index (χ0) is 17.6. The molecule has 3 heteroatoms. The summed E-state index contributed by atoms with van der Waals surface area (Å²) in [7, 11) is 1.83. The molecule has 0 bridgehead atoms. The molecule has 0 spiro atoms. The summed E-state index contributed by atoms with van der Waals surface area (Å²) in [6, 6.07) is 23.9. The van der Waals surface area contributed by atoms with Crippen molar-refractivity contribution < 1.29 is 10.2 Å². The van der Waals surface area contributed by atoms with Crippen molar-refractivity contribution >= 4 is 22.5 Å². The first-order chi connectivity index (χ1) is 12.1. The molecule has 0 heterocycles. The highest BCUT2D eigenvalue weighted by molar-refractivity contribution is 5.84. The van der Waals surface area contributed by atoms with E-state index >= 15 is 0 Å². The van der Waals surface area contributed by atoms with Crippen LogP contribution in [0.2, 0.25) is 0 Å². The number of fused-ring (bicyclic) bond motifs is 1. The molecular weight excluding hydrogens is 310 g/mol. The third-order valence-corrected chi connectivity index (χ3v) is 4.10. The fraction of sp³-hybridized carbons (Fsp3) is 0.0909. The van der Waals surface area contributed by atoms with E-state index in [0.717, 1.165) is 11.1 Å². The molecule has 0 radical (unpaired) electrons. The lowest BCUT2D eigenvalue weighted by Gasteiger charge is -2.20. The van der Waals surface area contributed by atoms with Gasteiger partial charge in [-0.1, -0.05) is 78.9 Å². The molecule has 0 fully saturated rings. The van der Waals surface area contributed by atoms with E-state index in [1.807, 2.05) is 66.6 Å². The normalized spacial score (nSPS) is 10.9. The van der Waals surface area contributed by atoms with Crippen LogP contribution in [0.1, 0.15) is 11.1 Å². The largest absolute Gasteiger partial charge is 0.480 e. The molecule has 0 amide bonds. The summed E-state index contributed by atoms with van der Waals surface area (Å²) >= 11 is 0. The summed E-state index contributed by atoms with van der Waals surface area (Å²) in [6.07, 6.45) is 4.05. The van der Waals surface area contributed by atoms with E-state index < -0.39 is 5.95 Å². The fourth-order valence-corrected chi connectivity index (χ4v) is 2.87. The standard InChI is InChI=1S/C22H21NO2/c1-23(21(22(24)25)19-10-3-2-4-11-19)15-7-8-17-13-14-18-9-5-6-12-20(18)16-17/h2-14,16,24-25H,15H2,1H3/b8-7+. The van der Waals surface area contributed by atoms with Crippen LogP contribution in [-0.2, 0) is 0 Å². The molecule has 0 unspecified atom stereocenters. The summed E-state index contributed by atoms with van der Waals surface area (Å²) in [6.45, 7) is 0.557. The van der Waals surface area contributed by atoms with Gasteiger partial charge >= 0.3 is 0 Å². The lowest BCUT2D eigenvalue weighted by molar-refractivity contribution is 0.186. The topological polar surface area (TPSA) is 43.7 Å². The Bertz CT molecular complexity index is 909. The molecule has 0 aliphatic rings. The minimum atomic E-state index is -0.673. The highest BCUT2D eigenvalue weighted by Gasteiger charge is 2.12. The van der Waals surface area contributed by atoms with Crippen LogP contribution in [0.3, 0.4) is 0 Å². The average Bonchev–Trinajstić information content (AvgIpc) is 2.62. The second-order valence-electron chi connectivity index (χ2n) is 5.93. The van der Waals surface area contributed by atoms with Crippen molar-refractivity contribution in [2.24, 2.45) is 0 Å². The van der Waals surface area contributed by atoms with Crippen LogP contribution in [0.5, 0.6) is 0 Å². The van der Waals surface area contributed by atoms with Crippen molar-refractivity contribution in [2.45, 2.75) is 0 Å². The first-order valence-corrected chi connectivity index (χ1v) is 8.19. The van der Waals surface area contributed by atoms with Gasteiger partial charge in [-0.15, -0.1) is 0 Å². The molecular formula is C22H21NO2. The number of aliphatic hydroxyl groups excluding tert-OH is 1. The third-order valence-electron chi connectivity index (χ3n) is 4.10. The fourth-order valence-electron chi connectivity index (χ4n) is 2.87. The van der Waals surface area contributed by atoms with E-state index in [1.165, 1.54) is 10.8 Å². The lowest BCUT2D eigenvalue weighted by atomic mass is 10.1. The van der Waals surface area contributed by atoms with Gasteiger partial charge < -0.3 is 15.1 Å². The lowest BCUT2D eigenvalue weighted by Crippen LogP contribution is -2.18. The molecule has 0 aromatic heterocycles. The van der Waals surface area contributed by atoms with Gasteiger partial charge in [-0.05, 0) is 22.4 Å². The quantitative estimate of drug-likeness (QED) is 0.629. The Morgan fingerprint density at radius 3 is 2.28 bits per heavy atom. The van der Waals surface area contributed by atoms with Gasteiger partial charge in [0.15, 0.2) is 0 Å². The van der Waals surface area contributed by atoms with Gasteiger partial charge in [-0.3, -0.25) is 0 Å². The van der Waals surface area contributed by atoms with Crippen LogP contribution in [0, 0.1) is 0 Å². The van der Waals surface area contributed by atoms with E-state index in [-0.39, 0.29) is 0 Å². The van der Waals surface area contributed by atoms with Crippen molar-refractivity contribution in [1.29, 1.82) is 0 Å². The molecule has 0 saturated carbocycles. The second kappa shape index (κ2) is 7.58. The Hall–Kier alpha value is -3.20. The Morgan fingerprint density at radius 1 is 0.880 bits per heavy atom.